The van der Waals surface area contributed by atoms with Crippen LogP contribution in [0.4, 0.5) is 4.79 Å². The summed E-state index contributed by atoms with van der Waals surface area (Å²) >= 11 is 0. The van der Waals surface area contributed by atoms with Crippen molar-refractivity contribution in [2.24, 2.45) is 7.05 Å². The molecule has 0 unspecified atom stereocenters. The van der Waals surface area contributed by atoms with Crippen molar-refractivity contribution in [1.29, 1.82) is 0 Å². The lowest BCUT2D eigenvalue weighted by Gasteiger charge is -2.54. The summed E-state index contributed by atoms with van der Waals surface area (Å²) in [5.74, 6) is -0.296. The van der Waals surface area contributed by atoms with Crippen LogP contribution in [-0.4, -0.2) is 84.9 Å². The molecule has 0 radical (unpaired) electrons. The van der Waals surface area contributed by atoms with Gasteiger partial charge < -0.3 is 20.2 Å². The van der Waals surface area contributed by atoms with E-state index in [1.54, 1.807) is 62.0 Å². The first-order valence-corrected chi connectivity index (χ1v) is 13.9. The van der Waals surface area contributed by atoms with E-state index in [-0.39, 0.29) is 43.1 Å². The predicted octanol–water partition coefficient (Wildman–Crippen LogP) is 2.46. The number of urea groups is 1. The fourth-order valence-corrected chi connectivity index (χ4v) is 6.01. The van der Waals surface area contributed by atoms with E-state index in [2.05, 4.69) is 10.4 Å². The predicted molar refractivity (Wildman–Crippen MR) is 156 cm³/mol. The molecule has 1 aromatic heterocycles. The molecule has 11 nitrogen and oxygen atoms in total. The number of hydrazine groups is 1. The summed E-state index contributed by atoms with van der Waals surface area (Å²) < 4.78 is 1.79. The average Bonchev–Trinajstić information content (AvgIpc) is 3.37. The number of hydrogen-bond acceptors (Lipinski definition) is 6. The highest BCUT2D eigenvalue weighted by Crippen LogP contribution is 2.30. The fraction of sp³-hybridized carbons (Fsp3) is 0.290. The van der Waals surface area contributed by atoms with Crippen molar-refractivity contribution in [3.8, 4) is 5.75 Å². The van der Waals surface area contributed by atoms with Crippen LogP contribution in [0.2, 0.25) is 0 Å². The van der Waals surface area contributed by atoms with Gasteiger partial charge in [0.05, 0.1) is 24.8 Å². The Morgan fingerprint density at radius 1 is 0.976 bits per heavy atom. The Morgan fingerprint density at radius 2 is 1.74 bits per heavy atom. The SMILES string of the molecule is CN1CC(=O)N2[C@@H](CN(Cc3cccc4cnn(C)c34)C(=O)[C@@H]2Cc2ccc(O)cc2)N1C(=O)NCc1ccccc1. The van der Waals surface area contributed by atoms with Crippen molar-refractivity contribution in [2.75, 3.05) is 20.1 Å². The maximum Gasteiger partial charge on any atom is 0.334 e. The van der Waals surface area contributed by atoms with Gasteiger partial charge in [-0.15, -0.1) is 0 Å². The van der Waals surface area contributed by atoms with Crippen molar-refractivity contribution in [2.45, 2.75) is 31.7 Å². The zero-order valence-electron chi connectivity index (χ0n) is 23.6. The molecule has 0 saturated carbocycles. The molecule has 2 fully saturated rings. The number of piperazine rings is 1. The molecule has 3 heterocycles. The minimum atomic E-state index is -0.829. The van der Waals surface area contributed by atoms with E-state index in [0.717, 1.165) is 27.6 Å². The van der Waals surface area contributed by atoms with Gasteiger partial charge in [-0.05, 0) is 28.8 Å². The molecule has 2 N–H and O–H groups in total. The third-order valence-corrected chi connectivity index (χ3v) is 8.01. The first-order valence-electron chi connectivity index (χ1n) is 13.9. The van der Waals surface area contributed by atoms with Gasteiger partial charge >= 0.3 is 6.03 Å². The Labute approximate surface area is 243 Å². The van der Waals surface area contributed by atoms with Gasteiger partial charge in [-0.3, -0.25) is 14.3 Å². The molecule has 11 heteroatoms. The molecule has 4 amide bonds. The lowest BCUT2D eigenvalue weighted by atomic mass is 9.98. The Kier molecular flexibility index (Phi) is 7.26. The zero-order valence-corrected chi connectivity index (χ0v) is 23.6. The number of nitrogens with zero attached hydrogens (tertiary/aromatic N) is 6. The van der Waals surface area contributed by atoms with Crippen LogP contribution in [0.5, 0.6) is 5.75 Å². The number of para-hydroxylation sites is 1. The van der Waals surface area contributed by atoms with E-state index in [1.807, 2.05) is 55.6 Å². The van der Waals surface area contributed by atoms with Crippen LogP contribution in [0.3, 0.4) is 0 Å². The van der Waals surface area contributed by atoms with Crippen LogP contribution in [-0.2, 0) is 36.1 Å². The molecule has 216 valence electrons. The Bertz CT molecular complexity index is 1620. The third-order valence-electron chi connectivity index (χ3n) is 8.01. The highest BCUT2D eigenvalue weighted by atomic mass is 16.3. The molecule has 6 rings (SSSR count). The average molecular weight is 568 g/mol. The number of rotatable bonds is 6. The number of carbonyl (C=O) groups is 3. The minimum absolute atomic E-state index is 0.0387. The summed E-state index contributed by atoms with van der Waals surface area (Å²) in [6.45, 7) is 0.729. The molecule has 2 saturated heterocycles. The molecule has 42 heavy (non-hydrogen) atoms. The van der Waals surface area contributed by atoms with Gasteiger partial charge in [0.1, 0.15) is 18.0 Å². The first kappa shape index (κ1) is 27.3. The number of amides is 4. The largest absolute Gasteiger partial charge is 0.508 e. The van der Waals surface area contributed by atoms with Gasteiger partial charge in [0, 0.05) is 39.0 Å². The number of fused-ring (bicyclic) bond motifs is 2. The summed E-state index contributed by atoms with van der Waals surface area (Å²) in [6, 6.07) is 21.0. The topological polar surface area (TPSA) is 114 Å². The van der Waals surface area contributed by atoms with Crippen molar-refractivity contribution >= 4 is 28.7 Å². The molecule has 4 aromatic rings. The summed E-state index contributed by atoms with van der Waals surface area (Å²) in [6.07, 6.45) is 1.33. The van der Waals surface area contributed by atoms with Crippen molar-refractivity contribution in [3.05, 3.63) is 95.7 Å². The van der Waals surface area contributed by atoms with E-state index >= 15 is 0 Å². The number of benzene rings is 3. The summed E-state index contributed by atoms with van der Waals surface area (Å²) in [5, 5.41) is 21.3. The minimum Gasteiger partial charge on any atom is -0.508 e. The van der Waals surface area contributed by atoms with Crippen LogP contribution >= 0.6 is 0 Å². The standard InChI is InChI=1S/C31H33N7O4/c1-34-20-28(40)37-26(15-21-11-13-25(39)14-12-21)30(41)36(18-24-10-6-9-23-17-33-35(2)29(23)24)19-27(37)38(34)31(42)32-16-22-7-4-3-5-8-22/h3-14,17,26-27,39H,15-16,18-20H2,1-2H3,(H,32,42)/t26-,27+/m0/s1. The van der Waals surface area contributed by atoms with Crippen LogP contribution in [0.15, 0.2) is 79.0 Å². The van der Waals surface area contributed by atoms with E-state index in [1.165, 1.54) is 0 Å². The third kappa shape index (κ3) is 5.14. The molecular weight excluding hydrogens is 534 g/mol. The number of likely N-dealkylation sites (N-methyl/N-ethyl adjacent to an activating group) is 1. The number of hydrogen-bond donors (Lipinski definition) is 2. The van der Waals surface area contributed by atoms with E-state index < -0.39 is 12.2 Å². The molecule has 0 spiro atoms. The lowest BCUT2D eigenvalue weighted by Crippen LogP contribution is -2.76. The molecule has 2 atom stereocenters. The molecule has 2 aliphatic heterocycles. The zero-order chi connectivity index (χ0) is 29.4. The molecule has 2 aliphatic rings. The number of carbonyl (C=O) groups excluding carboxylic acids is 3. The number of phenolic OH excluding ortho intramolecular Hbond substituents is 1. The van der Waals surface area contributed by atoms with Crippen LogP contribution in [0.1, 0.15) is 16.7 Å². The number of nitrogens with one attached hydrogen (secondary N) is 1. The Morgan fingerprint density at radius 3 is 2.50 bits per heavy atom. The number of phenols is 1. The van der Waals surface area contributed by atoms with Crippen LogP contribution in [0.25, 0.3) is 10.9 Å². The first-order chi connectivity index (χ1) is 20.3. The van der Waals surface area contributed by atoms with Gasteiger partial charge in [0.25, 0.3) is 0 Å². The van der Waals surface area contributed by atoms with Gasteiger partial charge in [-0.25, -0.2) is 14.8 Å². The normalized spacial score (nSPS) is 19.3. The highest BCUT2D eigenvalue weighted by Gasteiger charge is 2.50. The van der Waals surface area contributed by atoms with Gasteiger partial charge in [-0.1, -0.05) is 60.7 Å². The van der Waals surface area contributed by atoms with Crippen molar-refractivity contribution in [3.63, 3.8) is 0 Å². The Balaban J connectivity index is 1.35. The van der Waals surface area contributed by atoms with Crippen molar-refractivity contribution in [1.82, 2.24) is 34.9 Å². The Hall–Kier alpha value is -4.90. The fourth-order valence-electron chi connectivity index (χ4n) is 6.01. The summed E-state index contributed by atoms with van der Waals surface area (Å²) in [7, 11) is 3.58. The van der Waals surface area contributed by atoms with E-state index in [0.29, 0.717) is 13.1 Å². The monoisotopic (exact) mass is 567 g/mol. The van der Waals surface area contributed by atoms with Gasteiger partial charge in [-0.2, -0.15) is 5.10 Å². The highest BCUT2D eigenvalue weighted by molar-refractivity contribution is 5.92. The second-order valence-electron chi connectivity index (χ2n) is 10.8. The van der Waals surface area contributed by atoms with Gasteiger partial charge in [0.2, 0.25) is 11.8 Å². The second-order valence-corrected chi connectivity index (χ2v) is 10.8. The number of aromatic hydroxyl groups is 1. The summed E-state index contributed by atoms with van der Waals surface area (Å²) in [4.78, 5) is 44.7. The molecule has 0 aliphatic carbocycles. The second kappa shape index (κ2) is 11.2. The van der Waals surface area contributed by atoms with Crippen LogP contribution < -0.4 is 5.32 Å². The van der Waals surface area contributed by atoms with Gasteiger partial charge in [0.15, 0.2) is 0 Å². The quantitative estimate of drug-likeness (QED) is 0.370. The molecule has 0 bridgehead atoms. The van der Waals surface area contributed by atoms with Crippen molar-refractivity contribution < 1.29 is 19.5 Å². The van der Waals surface area contributed by atoms with Crippen LogP contribution in [0, 0.1) is 0 Å². The smallest absolute Gasteiger partial charge is 0.334 e. The van der Waals surface area contributed by atoms with E-state index in [4.69, 9.17) is 0 Å². The van der Waals surface area contributed by atoms with E-state index in [9.17, 15) is 19.5 Å². The number of aromatic nitrogens is 2. The number of aryl methyl sites for hydroxylation is 1. The molecule has 3 aromatic carbocycles. The summed E-state index contributed by atoms with van der Waals surface area (Å²) in [5.41, 5.74) is 3.60. The maximum absolute atomic E-state index is 14.2. The lowest BCUT2D eigenvalue weighted by molar-refractivity contribution is -0.187. The maximum atomic E-state index is 14.2. The molecular formula is C31H33N7O4.